The summed E-state index contributed by atoms with van der Waals surface area (Å²) in [7, 11) is 0. The number of hydrogen-bond acceptors (Lipinski definition) is 3. The second-order valence-corrected chi connectivity index (χ2v) is 4.43. The Bertz CT molecular complexity index is 601. The number of nitrogens with one attached hydrogen (secondary N) is 1. The van der Waals surface area contributed by atoms with E-state index in [0.29, 0.717) is 4.47 Å². The van der Waals surface area contributed by atoms with Crippen LogP contribution in [0.25, 0.3) is 0 Å². The normalized spacial score (nSPS) is 11.4. The zero-order chi connectivity index (χ0) is 14.0. The van der Waals surface area contributed by atoms with Gasteiger partial charge in [0.2, 0.25) is 5.95 Å². The maximum Gasteiger partial charge on any atom is 0.433 e. The molecule has 1 aromatic carbocycles. The maximum absolute atomic E-state index is 13.5. The minimum absolute atomic E-state index is 0.0116. The molecule has 0 amide bonds. The monoisotopic (exact) mass is 335 g/mol. The topological polar surface area (TPSA) is 37.8 Å². The molecule has 0 unspecified atom stereocenters. The van der Waals surface area contributed by atoms with Crippen LogP contribution in [0.3, 0.4) is 0 Å². The average Bonchev–Trinajstić information content (AvgIpc) is 2.32. The van der Waals surface area contributed by atoms with E-state index in [4.69, 9.17) is 0 Å². The molecule has 0 aliphatic carbocycles. The molecular formula is C11H6BrF4N3. The van der Waals surface area contributed by atoms with Crippen molar-refractivity contribution < 1.29 is 17.6 Å². The molecule has 1 heterocycles. The smallest absolute Gasteiger partial charge is 0.322 e. The van der Waals surface area contributed by atoms with Crippen LogP contribution in [-0.2, 0) is 6.18 Å². The lowest BCUT2D eigenvalue weighted by Crippen LogP contribution is -2.10. The van der Waals surface area contributed by atoms with Gasteiger partial charge in [-0.2, -0.15) is 13.2 Å². The molecule has 0 saturated heterocycles. The van der Waals surface area contributed by atoms with E-state index in [0.717, 1.165) is 12.3 Å². The van der Waals surface area contributed by atoms with Crippen molar-refractivity contribution in [3.05, 3.63) is 46.4 Å². The molecule has 2 aromatic rings. The maximum atomic E-state index is 13.5. The summed E-state index contributed by atoms with van der Waals surface area (Å²) in [5.41, 5.74) is -1.11. The first-order valence-electron chi connectivity index (χ1n) is 4.98. The number of aromatic nitrogens is 2. The molecule has 0 atom stereocenters. The van der Waals surface area contributed by atoms with Gasteiger partial charge >= 0.3 is 6.18 Å². The van der Waals surface area contributed by atoms with Crippen LogP contribution in [0.5, 0.6) is 0 Å². The standard InChI is InChI=1S/C11H6BrF4N3/c12-6-1-2-8(7(13)5-6)18-10-17-4-3-9(19-10)11(14,15)16/h1-5H,(H,17,18,19). The molecule has 0 aliphatic heterocycles. The average molecular weight is 336 g/mol. The number of anilines is 2. The predicted octanol–water partition coefficient (Wildman–Crippen LogP) is 4.14. The highest BCUT2D eigenvalue weighted by molar-refractivity contribution is 9.10. The third-order valence-electron chi connectivity index (χ3n) is 2.12. The van der Waals surface area contributed by atoms with Crippen LogP contribution in [0.2, 0.25) is 0 Å². The quantitative estimate of drug-likeness (QED) is 0.838. The summed E-state index contributed by atoms with van der Waals surface area (Å²) in [6, 6.07) is 4.82. The fourth-order valence-corrected chi connectivity index (χ4v) is 1.62. The first kappa shape index (κ1) is 13.7. The molecule has 1 N–H and O–H groups in total. The number of rotatable bonds is 2. The number of alkyl halides is 3. The summed E-state index contributed by atoms with van der Waals surface area (Å²) in [5.74, 6) is -0.952. The first-order chi connectivity index (χ1) is 8.86. The molecule has 19 heavy (non-hydrogen) atoms. The van der Waals surface area contributed by atoms with Crippen LogP contribution in [0.1, 0.15) is 5.69 Å². The van der Waals surface area contributed by atoms with Gasteiger partial charge in [-0.05, 0) is 24.3 Å². The molecule has 0 spiro atoms. The third-order valence-corrected chi connectivity index (χ3v) is 2.62. The van der Waals surface area contributed by atoms with Crippen molar-refractivity contribution in [2.45, 2.75) is 6.18 Å². The second-order valence-electron chi connectivity index (χ2n) is 3.51. The van der Waals surface area contributed by atoms with Gasteiger partial charge < -0.3 is 5.32 Å². The Morgan fingerprint density at radius 1 is 1.16 bits per heavy atom. The van der Waals surface area contributed by atoms with Crippen molar-refractivity contribution >= 4 is 27.6 Å². The molecule has 0 fully saturated rings. The molecule has 3 nitrogen and oxygen atoms in total. The predicted molar refractivity (Wildman–Crippen MR) is 64.4 cm³/mol. The Morgan fingerprint density at radius 3 is 2.53 bits per heavy atom. The minimum atomic E-state index is -4.57. The zero-order valence-corrected chi connectivity index (χ0v) is 10.8. The van der Waals surface area contributed by atoms with Gasteiger partial charge in [-0.15, -0.1) is 0 Å². The van der Waals surface area contributed by atoms with E-state index in [9.17, 15) is 17.6 Å². The summed E-state index contributed by atoms with van der Waals surface area (Å²) >= 11 is 3.07. The summed E-state index contributed by atoms with van der Waals surface area (Å²) in [5, 5.41) is 2.39. The Morgan fingerprint density at radius 2 is 1.89 bits per heavy atom. The van der Waals surface area contributed by atoms with Crippen molar-refractivity contribution in [1.82, 2.24) is 9.97 Å². The van der Waals surface area contributed by atoms with Crippen molar-refractivity contribution in [2.24, 2.45) is 0 Å². The van der Waals surface area contributed by atoms with Crippen LogP contribution in [0.4, 0.5) is 29.2 Å². The van der Waals surface area contributed by atoms with E-state index in [2.05, 4.69) is 31.2 Å². The number of halogens is 5. The zero-order valence-electron chi connectivity index (χ0n) is 9.17. The molecule has 1 aromatic heterocycles. The van der Waals surface area contributed by atoms with Gasteiger partial charge in [-0.3, -0.25) is 0 Å². The molecule has 0 aliphatic rings. The molecule has 8 heteroatoms. The van der Waals surface area contributed by atoms with E-state index < -0.39 is 17.7 Å². The van der Waals surface area contributed by atoms with E-state index >= 15 is 0 Å². The lowest BCUT2D eigenvalue weighted by atomic mass is 10.3. The Hall–Kier alpha value is -1.70. The van der Waals surface area contributed by atoms with Gasteiger partial charge in [-0.1, -0.05) is 15.9 Å². The van der Waals surface area contributed by atoms with Crippen molar-refractivity contribution in [1.29, 1.82) is 0 Å². The SMILES string of the molecule is Fc1cc(Br)ccc1Nc1nccc(C(F)(F)F)n1. The number of hydrogen-bond donors (Lipinski definition) is 1. The highest BCUT2D eigenvalue weighted by Crippen LogP contribution is 2.28. The Balaban J connectivity index is 2.29. The second kappa shape index (κ2) is 5.12. The lowest BCUT2D eigenvalue weighted by molar-refractivity contribution is -0.141. The van der Waals surface area contributed by atoms with E-state index in [1.807, 2.05) is 0 Å². The molecule has 0 saturated carbocycles. The molecule has 100 valence electrons. The Labute approximate surface area is 113 Å². The summed E-state index contributed by atoms with van der Waals surface area (Å²) in [6.45, 7) is 0. The Kier molecular flexibility index (Phi) is 3.70. The van der Waals surface area contributed by atoms with Crippen LogP contribution < -0.4 is 5.32 Å². The van der Waals surface area contributed by atoms with Gasteiger partial charge in [0.05, 0.1) is 5.69 Å². The fraction of sp³-hybridized carbons (Fsp3) is 0.0909. The van der Waals surface area contributed by atoms with Gasteiger partial charge in [0.25, 0.3) is 0 Å². The molecular weight excluding hydrogens is 330 g/mol. The largest absolute Gasteiger partial charge is 0.433 e. The molecule has 0 bridgehead atoms. The molecule has 2 rings (SSSR count). The van der Waals surface area contributed by atoms with Crippen molar-refractivity contribution in [3.8, 4) is 0 Å². The molecule has 0 radical (unpaired) electrons. The van der Waals surface area contributed by atoms with E-state index in [1.54, 1.807) is 6.07 Å². The summed E-state index contributed by atoms with van der Waals surface area (Å²) < 4.78 is 51.3. The van der Waals surface area contributed by atoms with Gasteiger partial charge in [0.15, 0.2) is 0 Å². The number of nitrogens with zero attached hydrogens (tertiary/aromatic N) is 2. The highest BCUT2D eigenvalue weighted by atomic mass is 79.9. The summed E-state index contributed by atoms with van der Waals surface area (Å²) in [4.78, 5) is 6.89. The van der Waals surface area contributed by atoms with Gasteiger partial charge in [0, 0.05) is 10.7 Å². The number of benzene rings is 1. The lowest BCUT2D eigenvalue weighted by Gasteiger charge is -2.09. The van der Waals surface area contributed by atoms with Crippen LogP contribution >= 0.6 is 15.9 Å². The van der Waals surface area contributed by atoms with Crippen molar-refractivity contribution in [2.75, 3.05) is 5.32 Å². The van der Waals surface area contributed by atoms with E-state index in [1.165, 1.54) is 12.1 Å². The van der Waals surface area contributed by atoms with Crippen LogP contribution in [0, 0.1) is 5.82 Å². The van der Waals surface area contributed by atoms with Crippen molar-refractivity contribution in [3.63, 3.8) is 0 Å². The van der Waals surface area contributed by atoms with Gasteiger partial charge in [0.1, 0.15) is 11.5 Å². The van der Waals surface area contributed by atoms with E-state index in [-0.39, 0.29) is 11.6 Å². The van der Waals surface area contributed by atoms with Crippen LogP contribution in [0.15, 0.2) is 34.9 Å². The summed E-state index contributed by atoms with van der Waals surface area (Å²) in [6.07, 6.45) is -3.62. The van der Waals surface area contributed by atoms with Gasteiger partial charge in [-0.25, -0.2) is 14.4 Å². The third kappa shape index (κ3) is 3.40. The highest BCUT2D eigenvalue weighted by Gasteiger charge is 2.32. The fourth-order valence-electron chi connectivity index (χ4n) is 1.29. The van der Waals surface area contributed by atoms with Crippen LogP contribution in [-0.4, -0.2) is 9.97 Å². The first-order valence-corrected chi connectivity index (χ1v) is 5.78. The minimum Gasteiger partial charge on any atom is -0.322 e.